The van der Waals surface area contributed by atoms with Gasteiger partial charge in [-0.25, -0.2) is 33.7 Å². The van der Waals surface area contributed by atoms with Gasteiger partial charge in [-0.05, 0) is 34.1 Å². The lowest BCUT2D eigenvalue weighted by atomic mass is 10.3. The summed E-state index contributed by atoms with van der Waals surface area (Å²) in [6.07, 6.45) is 9.58. The molecule has 0 fully saturated rings. The van der Waals surface area contributed by atoms with Gasteiger partial charge in [-0.1, -0.05) is 23.2 Å². The molecule has 2 N–H and O–H groups in total. The van der Waals surface area contributed by atoms with Gasteiger partial charge in [0, 0.05) is 31.3 Å². The highest BCUT2D eigenvalue weighted by Crippen LogP contribution is 2.37. The number of nitrogens with zero attached hydrogens (tertiary/aromatic N) is 14. The number of rotatable bonds is 4. The summed E-state index contributed by atoms with van der Waals surface area (Å²) in [7, 11) is 3.08. The monoisotopic (exact) mass is 870 g/mol. The second-order valence-corrected chi connectivity index (χ2v) is 14.8. The molecule has 0 saturated carbocycles. The Labute approximate surface area is 356 Å². The van der Waals surface area contributed by atoms with E-state index in [0.29, 0.717) is 104 Å². The van der Waals surface area contributed by atoms with Gasteiger partial charge in [0.25, 0.3) is 11.8 Å². The number of aromatic nitrogens is 14. The van der Waals surface area contributed by atoms with E-state index in [-0.39, 0.29) is 19.0 Å². The molecule has 314 valence electrons. The molecule has 4 bridgehead atoms. The molecule has 20 nitrogen and oxygen atoms in total. The average Bonchev–Trinajstić information content (AvgIpc) is 3.94. The topological polar surface area (TPSA) is 210 Å². The summed E-state index contributed by atoms with van der Waals surface area (Å²) in [6.45, 7) is 8.34. The maximum absolute atomic E-state index is 14.7. The number of aryl methyl sites for hydroxylation is 3. The van der Waals surface area contributed by atoms with E-state index in [1.165, 1.54) is 7.11 Å². The van der Waals surface area contributed by atoms with E-state index in [1.54, 1.807) is 65.9 Å². The number of hydrogen-bond acceptors (Lipinski definition) is 16. The van der Waals surface area contributed by atoms with Crippen molar-refractivity contribution in [2.75, 3.05) is 38.1 Å². The summed E-state index contributed by atoms with van der Waals surface area (Å²) in [5.74, 6) is 3.34. The number of fused-ring (bicyclic) bond motifs is 4. The zero-order valence-corrected chi connectivity index (χ0v) is 35.1. The molecule has 0 radical (unpaired) electrons. The molecule has 10 rings (SSSR count). The second-order valence-electron chi connectivity index (χ2n) is 14.0. The van der Waals surface area contributed by atoms with Gasteiger partial charge in [-0.15, -0.1) is 10.2 Å². The largest absolute Gasteiger partial charge is 0.479 e. The molecule has 0 aliphatic carbocycles. The average molecular weight is 872 g/mol. The third kappa shape index (κ3) is 7.39. The Hall–Kier alpha value is -6.87. The third-order valence-electron chi connectivity index (χ3n) is 9.91. The van der Waals surface area contributed by atoms with Crippen LogP contribution in [0.3, 0.4) is 0 Å². The van der Waals surface area contributed by atoms with Gasteiger partial charge < -0.3 is 38.7 Å². The number of ether oxygens (including phenoxy) is 4. The normalized spacial score (nSPS) is 14.7. The van der Waals surface area contributed by atoms with Crippen LogP contribution in [0.1, 0.15) is 29.5 Å². The first-order valence-corrected chi connectivity index (χ1v) is 19.7. The summed E-state index contributed by atoms with van der Waals surface area (Å²) in [6, 6.07) is 0. The molecular formula is C38H37Cl2FN16O4. The minimum Gasteiger partial charge on any atom is -0.479 e. The first kappa shape index (κ1) is 39.6. The van der Waals surface area contributed by atoms with Gasteiger partial charge in [-0.3, -0.25) is 0 Å². The fourth-order valence-corrected chi connectivity index (χ4v) is 7.44. The van der Waals surface area contributed by atoms with Crippen LogP contribution in [0.15, 0.2) is 37.2 Å². The molecule has 0 saturated heterocycles. The molecular weight excluding hydrogens is 834 g/mol. The van der Waals surface area contributed by atoms with Crippen LogP contribution < -0.4 is 29.6 Å². The van der Waals surface area contributed by atoms with Crippen LogP contribution in [0.2, 0.25) is 10.0 Å². The van der Waals surface area contributed by atoms with E-state index in [1.807, 2.05) is 24.6 Å². The Morgan fingerprint density at radius 2 is 1.20 bits per heavy atom. The number of anilines is 4. The summed E-state index contributed by atoms with van der Waals surface area (Å²) < 4.78 is 44.2. The lowest BCUT2D eigenvalue weighted by Gasteiger charge is -2.10. The second kappa shape index (κ2) is 16.0. The highest BCUT2D eigenvalue weighted by molar-refractivity contribution is 6.35. The maximum atomic E-state index is 14.7. The van der Waals surface area contributed by atoms with Gasteiger partial charge in [0.2, 0.25) is 23.7 Å². The molecule has 1 atom stereocenters. The molecule has 8 aromatic rings. The Bertz CT molecular complexity index is 2970. The van der Waals surface area contributed by atoms with Crippen molar-refractivity contribution in [3.63, 3.8) is 0 Å². The highest BCUT2D eigenvalue weighted by atomic mass is 35.5. The minimum atomic E-state index is -1.31. The summed E-state index contributed by atoms with van der Waals surface area (Å²) in [5, 5.41) is 18.1. The number of alkyl halides is 1. The fraction of sp³-hybridized carbons (Fsp3) is 0.316. The van der Waals surface area contributed by atoms with E-state index in [4.69, 9.17) is 42.1 Å². The number of nitrogens with one attached hydrogen (secondary N) is 2. The van der Waals surface area contributed by atoms with E-state index < -0.39 is 6.17 Å². The van der Waals surface area contributed by atoms with E-state index >= 15 is 0 Å². The van der Waals surface area contributed by atoms with E-state index in [0.717, 1.165) is 23.1 Å². The molecule has 0 spiro atoms. The minimum absolute atomic E-state index is 0.0360. The van der Waals surface area contributed by atoms with Gasteiger partial charge in [0.1, 0.15) is 52.3 Å². The molecule has 1 unspecified atom stereocenters. The van der Waals surface area contributed by atoms with Crippen LogP contribution in [-0.4, -0.2) is 102 Å². The Morgan fingerprint density at radius 1 is 0.689 bits per heavy atom. The van der Waals surface area contributed by atoms with Crippen molar-refractivity contribution in [3.05, 3.63) is 70.3 Å². The first-order chi connectivity index (χ1) is 29.5. The lowest BCUT2D eigenvalue weighted by Crippen LogP contribution is -2.19. The highest BCUT2D eigenvalue weighted by Gasteiger charge is 2.26. The van der Waals surface area contributed by atoms with Crippen molar-refractivity contribution in [2.24, 2.45) is 0 Å². The quantitative estimate of drug-likeness (QED) is 0.197. The third-order valence-corrected chi connectivity index (χ3v) is 10.5. The molecule has 10 heterocycles. The van der Waals surface area contributed by atoms with Crippen LogP contribution in [0.5, 0.6) is 23.5 Å². The zero-order chi connectivity index (χ0) is 42.5. The van der Waals surface area contributed by atoms with Gasteiger partial charge >= 0.3 is 0 Å². The number of methoxy groups -OCH3 is 2. The number of halogens is 3. The predicted octanol–water partition coefficient (Wildman–Crippen LogP) is 6.37. The van der Waals surface area contributed by atoms with E-state index in [9.17, 15) is 4.39 Å². The summed E-state index contributed by atoms with van der Waals surface area (Å²) in [5.41, 5.74) is 5.06. The standard InChI is InChI=1S/C19H18ClFN8O2.C19H19ClN8O2/c1-9-15-18(27-29(9)14-5-22-10(2)24-17(14)30-3)31-8-11(21)6-28-7-13(20)12-4-23-19(25-15)26-16(12)28;1-10-15-18(26-28(10)14-8-21-11(2)23-17(14)29-3)30-6-4-5-27-9-13(20)12-7-22-19(24-15)25-16(12)27/h4-5,7,11H,6,8H2,1-3H3,(H,23,25,26);7-9H,4-6H2,1-3H3,(H,22,24,25). The maximum Gasteiger partial charge on any atom is 0.257 e. The molecule has 61 heavy (non-hydrogen) atoms. The first-order valence-electron chi connectivity index (χ1n) is 18.9. The van der Waals surface area contributed by atoms with Crippen molar-refractivity contribution < 1.29 is 23.3 Å². The summed E-state index contributed by atoms with van der Waals surface area (Å²) in [4.78, 5) is 35.1. The fourth-order valence-electron chi connectivity index (χ4n) is 6.94. The van der Waals surface area contributed by atoms with Gasteiger partial charge in [0.15, 0.2) is 6.17 Å². The van der Waals surface area contributed by atoms with Crippen molar-refractivity contribution >= 4 is 68.5 Å². The lowest BCUT2D eigenvalue weighted by molar-refractivity contribution is 0.175. The van der Waals surface area contributed by atoms with Crippen LogP contribution >= 0.6 is 23.2 Å². The molecule has 8 aromatic heterocycles. The molecule has 23 heteroatoms. The van der Waals surface area contributed by atoms with Crippen LogP contribution in [0, 0.1) is 27.7 Å². The Morgan fingerprint density at radius 3 is 1.74 bits per heavy atom. The van der Waals surface area contributed by atoms with E-state index in [2.05, 4.69) is 60.7 Å². The van der Waals surface area contributed by atoms with Gasteiger partial charge in [0.05, 0.1) is 72.0 Å². The zero-order valence-electron chi connectivity index (χ0n) is 33.6. The molecule has 2 aliphatic heterocycles. The Balaban J connectivity index is 0.000000156. The molecule has 0 amide bonds. The SMILES string of the molecule is COc1nc(C)ncc1-n1nc2c(c1C)Nc1ncc3c(Cl)cn(c3n1)CC(F)CO2.COc1nc(C)ncc1-n1nc2c(c1C)Nc1ncc3c(Cl)cn(c3n1)CCCO2. The summed E-state index contributed by atoms with van der Waals surface area (Å²) >= 11 is 12.6. The van der Waals surface area contributed by atoms with Crippen LogP contribution in [0.25, 0.3) is 33.4 Å². The van der Waals surface area contributed by atoms with Crippen molar-refractivity contribution in [1.29, 1.82) is 0 Å². The van der Waals surface area contributed by atoms with Crippen molar-refractivity contribution in [3.8, 4) is 34.9 Å². The van der Waals surface area contributed by atoms with Crippen LogP contribution in [-0.2, 0) is 13.1 Å². The molecule has 0 aromatic carbocycles. The smallest absolute Gasteiger partial charge is 0.257 e. The Kier molecular flexibility index (Phi) is 10.4. The van der Waals surface area contributed by atoms with Crippen LogP contribution in [0.4, 0.5) is 27.7 Å². The predicted molar refractivity (Wildman–Crippen MR) is 223 cm³/mol. The number of hydrogen-bond donors (Lipinski definition) is 2. The molecule has 2 aliphatic rings. The van der Waals surface area contributed by atoms with Gasteiger partial charge in [-0.2, -0.15) is 19.9 Å². The van der Waals surface area contributed by atoms with Crippen molar-refractivity contribution in [1.82, 2.24) is 68.6 Å². The van der Waals surface area contributed by atoms with Crippen molar-refractivity contribution in [2.45, 2.75) is 53.4 Å².